The molecule has 0 saturated carbocycles. The van der Waals surface area contributed by atoms with Gasteiger partial charge >= 0.3 is 0 Å². The first-order valence-corrected chi connectivity index (χ1v) is 7.76. The van der Waals surface area contributed by atoms with Gasteiger partial charge in [0.05, 0.1) is 11.9 Å². The van der Waals surface area contributed by atoms with Gasteiger partial charge in [-0.15, -0.1) is 0 Å². The van der Waals surface area contributed by atoms with Gasteiger partial charge in [0.2, 0.25) is 0 Å². The third-order valence-electron chi connectivity index (χ3n) is 3.52. The van der Waals surface area contributed by atoms with Gasteiger partial charge in [0.1, 0.15) is 5.82 Å². The van der Waals surface area contributed by atoms with Crippen LogP contribution in [0.3, 0.4) is 0 Å². The molecule has 0 aromatic carbocycles. The zero-order valence-electron chi connectivity index (χ0n) is 14.1. The Hall–Kier alpha value is -1.65. The van der Waals surface area contributed by atoms with Gasteiger partial charge in [0.15, 0.2) is 5.69 Å². The number of anilines is 1. The lowest BCUT2D eigenvalue weighted by molar-refractivity contribution is 0.0769. The number of hydrogen-bond donors (Lipinski definition) is 1. The highest BCUT2D eigenvalue weighted by Crippen LogP contribution is 2.18. The highest BCUT2D eigenvalue weighted by atomic mass is 16.2. The van der Waals surface area contributed by atoms with Crippen LogP contribution in [0, 0.1) is 5.92 Å². The van der Waals surface area contributed by atoms with Gasteiger partial charge in [-0.3, -0.25) is 4.79 Å². The number of rotatable bonds is 7. The Bertz CT molecular complexity index is 473. The molecular weight excluding hydrogens is 264 g/mol. The Morgan fingerprint density at radius 1 is 1.33 bits per heavy atom. The summed E-state index contributed by atoms with van der Waals surface area (Å²) >= 11 is 0. The van der Waals surface area contributed by atoms with E-state index in [0.717, 1.165) is 19.5 Å². The lowest BCUT2D eigenvalue weighted by Crippen LogP contribution is -2.32. The molecule has 5 heteroatoms. The van der Waals surface area contributed by atoms with Crippen molar-refractivity contribution in [2.75, 3.05) is 25.5 Å². The first-order valence-electron chi connectivity index (χ1n) is 7.76. The van der Waals surface area contributed by atoms with Crippen molar-refractivity contribution in [3.05, 3.63) is 17.7 Å². The minimum absolute atomic E-state index is 0.0458. The van der Waals surface area contributed by atoms with E-state index in [1.54, 1.807) is 11.1 Å². The van der Waals surface area contributed by atoms with Crippen molar-refractivity contribution in [3.63, 3.8) is 0 Å². The summed E-state index contributed by atoms with van der Waals surface area (Å²) in [7, 11) is 1.83. The molecule has 0 spiro atoms. The summed E-state index contributed by atoms with van der Waals surface area (Å²) in [5, 5.41) is 3.17. The summed E-state index contributed by atoms with van der Waals surface area (Å²) in [6, 6.07) is 0. The van der Waals surface area contributed by atoms with E-state index in [1.807, 2.05) is 27.8 Å². The fourth-order valence-electron chi connectivity index (χ4n) is 2.02. The number of carbonyl (C=O) groups excluding carboxylic acids is 1. The van der Waals surface area contributed by atoms with Crippen LogP contribution in [0.5, 0.6) is 0 Å². The highest BCUT2D eigenvalue weighted by molar-refractivity contribution is 5.97. The van der Waals surface area contributed by atoms with Gasteiger partial charge in [-0.2, -0.15) is 0 Å². The van der Waals surface area contributed by atoms with E-state index in [2.05, 4.69) is 29.1 Å². The van der Waals surface area contributed by atoms with Crippen molar-refractivity contribution >= 4 is 11.6 Å². The highest BCUT2D eigenvalue weighted by Gasteiger charge is 2.20. The van der Waals surface area contributed by atoms with Gasteiger partial charge in [-0.05, 0) is 12.8 Å². The third kappa shape index (κ3) is 4.69. The number of nitrogens with one attached hydrogen (secondary N) is 1. The Morgan fingerprint density at radius 2 is 2.00 bits per heavy atom. The van der Waals surface area contributed by atoms with E-state index >= 15 is 0 Å². The Labute approximate surface area is 128 Å². The van der Waals surface area contributed by atoms with Crippen LogP contribution in [0.25, 0.3) is 0 Å². The third-order valence-corrected chi connectivity index (χ3v) is 3.52. The van der Waals surface area contributed by atoms with Crippen molar-refractivity contribution in [1.29, 1.82) is 0 Å². The second-order valence-corrected chi connectivity index (χ2v) is 5.87. The first-order chi connectivity index (χ1) is 9.90. The maximum atomic E-state index is 12.7. The van der Waals surface area contributed by atoms with E-state index in [1.165, 1.54) is 0 Å². The number of nitrogens with zero attached hydrogens (tertiary/aromatic N) is 3. The van der Waals surface area contributed by atoms with Crippen LogP contribution in [-0.4, -0.2) is 40.9 Å². The predicted octanol–water partition coefficient (Wildman–Crippen LogP) is 3.15. The van der Waals surface area contributed by atoms with Crippen molar-refractivity contribution in [2.24, 2.45) is 5.92 Å². The fraction of sp³-hybridized carbons (Fsp3) is 0.688. The summed E-state index contributed by atoms with van der Waals surface area (Å²) in [6.07, 6.45) is 2.77. The van der Waals surface area contributed by atoms with Gasteiger partial charge in [-0.25, -0.2) is 9.97 Å². The average Bonchev–Trinajstić information content (AvgIpc) is 2.46. The standard InChI is InChI=1S/C16H28N4O/c1-7-12(5)10-20(6)16(21)14-13(17-8-2)9-18-15(19-14)11(3)4/h9,11-12,17H,7-8,10H2,1-6H3. The number of aromatic nitrogens is 2. The maximum Gasteiger partial charge on any atom is 0.274 e. The molecule has 0 aliphatic heterocycles. The molecule has 1 amide bonds. The van der Waals surface area contributed by atoms with Crippen molar-refractivity contribution in [3.8, 4) is 0 Å². The van der Waals surface area contributed by atoms with Crippen LogP contribution < -0.4 is 5.32 Å². The number of amides is 1. The Morgan fingerprint density at radius 3 is 2.52 bits per heavy atom. The van der Waals surface area contributed by atoms with Crippen LogP contribution in [0.1, 0.15) is 63.3 Å². The summed E-state index contributed by atoms with van der Waals surface area (Å²) < 4.78 is 0. The normalized spacial score (nSPS) is 12.3. The van der Waals surface area contributed by atoms with Crippen LogP contribution in [0.4, 0.5) is 5.69 Å². The second kappa shape index (κ2) is 7.96. The molecule has 0 aliphatic carbocycles. The van der Waals surface area contributed by atoms with Gasteiger partial charge in [0, 0.05) is 26.1 Å². The predicted molar refractivity (Wildman–Crippen MR) is 86.7 cm³/mol. The van der Waals surface area contributed by atoms with E-state index in [4.69, 9.17) is 0 Å². The van der Waals surface area contributed by atoms with Crippen LogP contribution in [-0.2, 0) is 0 Å². The number of hydrogen-bond acceptors (Lipinski definition) is 4. The Kier molecular flexibility index (Phi) is 6.59. The average molecular weight is 292 g/mol. The zero-order valence-corrected chi connectivity index (χ0v) is 14.1. The van der Waals surface area contributed by atoms with E-state index in [-0.39, 0.29) is 11.8 Å². The molecule has 0 fully saturated rings. The molecule has 0 aliphatic rings. The molecule has 1 unspecified atom stereocenters. The molecule has 0 bridgehead atoms. The molecule has 1 atom stereocenters. The molecule has 1 rings (SSSR count). The molecule has 118 valence electrons. The molecule has 1 aromatic rings. The zero-order chi connectivity index (χ0) is 16.0. The van der Waals surface area contributed by atoms with Crippen molar-refractivity contribution < 1.29 is 4.79 Å². The molecule has 1 heterocycles. The van der Waals surface area contributed by atoms with Gasteiger partial charge in [0.25, 0.3) is 5.91 Å². The van der Waals surface area contributed by atoms with Crippen LogP contribution in [0.15, 0.2) is 6.20 Å². The van der Waals surface area contributed by atoms with Crippen LogP contribution in [0.2, 0.25) is 0 Å². The van der Waals surface area contributed by atoms with Gasteiger partial charge < -0.3 is 10.2 Å². The molecule has 0 saturated heterocycles. The van der Waals surface area contributed by atoms with E-state index in [0.29, 0.717) is 23.1 Å². The first kappa shape index (κ1) is 17.4. The second-order valence-electron chi connectivity index (χ2n) is 5.87. The van der Waals surface area contributed by atoms with E-state index < -0.39 is 0 Å². The van der Waals surface area contributed by atoms with E-state index in [9.17, 15) is 4.79 Å². The fourth-order valence-corrected chi connectivity index (χ4v) is 2.02. The smallest absolute Gasteiger partial charge is 0.274 e. The molecular formula is C16H28N4O. The SMILES string of the molecule is CCNc1cnc(C(C)C)nc1C(=O)N(C)CC(C)CC. The minimum atomic E-state index is -0.0458. The quantitative estimate of drug-likeness (QED) is 0.838. The summed E-state index contributed by atoms with van der Waals surface area (Å²) in [5.74, 6) is 1.34. The molecule has 1 N–H and O–H groups in total. The lowest BCUT2D eigenvalue weighted by atomic mass is 10.1. The lowest BCUT2D eigenvalue weighted by Gasteiger charge is -2.22. The molecule has 21 heavy (non-hydrogen) atoms. The molecule has 5 nitrogen and oxygen atoms in total. The number of carbonyl (C=O) groups is 1. The molecule has 0 radical (unpaired) electrons. The summed E-state index contributed by atoms with van der Waals surface area (Å²) in [5.41, 5.74) is 1.18. The Balaban J connectivity index is 3.06. The van der Waals surface area contributed by atoms with Crippen LogP contribution >= 0.6 is 0 Å². The maximum absolute atomic E-state index is 12.7. The monoisotopic (exact) mass is 292 g/mol. The summed E-state index contributed by atoms with van der Waals surface area (Å²) in [6.45, 7) is 11.8. The van der Waals surface area contributed by atoms with Gasteiger partial charge in [-0.1, -0.05) is 34.1 Å². The van der Waals surface area contributed by atoms with Crippen molar-refractivity contribution in [1.82, 2.24) is 14.9 Å². The minimum Gasteiger partial charge on any atom is -0.382 e. The summed E-state index contributed by atoms with van der Waals surface area (Å²) in [4.78, 5) is 23.2. The molecule has 1 aromatic heterocycles. The van der Waals surface area contributed by atoms with Crippen molar-refractivity contribution in [2.45, 2.75) is 47.0 Å². The largest absolute Gasteiger partial charge is 0.382 e. The topological polar surface area (TPSA) is 58.1 Å².